The van der Waals surface area contributed by atoms with Crippen LogP contribution in [0.2, 0.25) is 0 Å². The first-order valence-corrected chi connectivity index (χ1v) is 5.13. The van der Waals surface area contributed by atoms with E-state index in [-0.39, 0.29) is 5.97 Å². The highest BCUT2D eigenvalue weighted by Crippen LogP contribution is 1.98. The fourth-order valence-corrected chi connectivity index (χ4v) is 1.01. The van der Waals surface area contributed by atoms with Crippen LogP contribution < -0.4 is 0 Å². The van der Waals surface area contributed by atoms with Gasteiger partial charge in [0.1, 0.15) is 0 Å². The van der Waals surface area contributed by atoms with E-state index >= 15 is 0 Å². The minimum atomic E-state index is -0.241. The molecule has 3 heteroatoms. The number of hydrogen-bond acceptors (Lipinski definition) is 2. The third kappa shape index (κ3) is 6.66. The Labute approximate surface area is 86.9 Å². The minimum absolute atomic E-state index is 0.241. The summed E-state index contributed by atoms with van der Waals surface area (Å²) in [7, 11) is 4.35. The highest BCUT2D eigenvalue weighted by molar-refractivity contribution is 5.81. The molecular formula is C11H22NO2+. The molecule has 0 fully saturated rings. The van der Waals surface area contributed by atoms with Crippen molar-refractivity contribution in [1.82, 2.24) is 0 Å². The van der Waals surface area contributed by atoms with E-state index in [1.807, 2.05) is 0 Å². The van der Waals surface area contributed by atoms with E-state index in [1.54, 1.807) is 13.0 Å². The van der Waals surface area contributed by atoms with Crippen LogP contribution in [0.5, 0.6) is 0 Å². The van der Waals surface area contributed by atoms with Crippen molar-refractivity contribution < 1.29 is 14.0 Å². The van der Waals surface area contributed by atoms with Gasteiger partial charge in [-0.05, 0) is 13.8 Å². The number of esters is 1. The average molecular weight is 200 g/mol. The highest BCUT2D eigenvalue weighted by Gasteiger charge is 2.10. The van der Waals surface area contributed by atoms with Crippen LogP contribution in [0.3, 0.4) is 0 Å². The van der Waals surface area contributed by atoms with Crippen molar-refractivity contribution in [3.8, 4) is 0 Å². The van der Waals surface area contributed by atoms with Gasteiger partial charge in [-0.3, -0.25) is 0 Å². The Kier molecular flexibility index (Phi) is 6.21. The van der Waals surface area contributed by atoms with E-state index in [4.69, 9.17) is 4.74 Å². The summed E-state index contributed by atoms with van der Waals surface area (Å²) < 4.78 is 5.96. The number of rotatable bonds is 6. The van der Waals surface area contributed by atoms with Gasteiger partial charge < -0.3 is 9.22 Å². The summed E-state index contributed by atoms with van der Waals surface area (Å²) in [5, 5.41) is 0. The molecule has 0 aromatic heterocycles. The number of allylic oxidation sites excluding steroid dienone is 1. The first-order valence-electron chi connectivity index (χ1n) is 5.13. The van der Waals surface area contributed by atoms with Crippen LogP contribution in [0.4, 0.5) is 0 Å². The lowest BCUT2D eigenvalue weighted by Crippen LogP contribution is -2.40. The van der Waals surface area contributed by atoms with Crippen molar-refractivity contribution in [1.29, 1.82) is 0 Å². The van der Waals surface area contributed by atoms with Crippen LogP contribution in [0.25, 0.3) is 0 Å². The Balaban J connectivity index is 3.52. The Morgan fingerprint density at radius 1 is 1.43 bits per heavy atom. The van der Waals surface area contributed by atoms with Crippen molar-refractivity contribution in [2.24, 2.45) is 0 Å². The van der Waals surface area contributed by atoms with Gasteiger partial charge in [-0.25, -0.2) is 4.79 Å². The lowest BCUT2D eigenvalue weighted by atomic mass is 10.3. The van der Waals surface area contributed by atoms with Crippen molar-refractivity contribution in [3.05, 3.63) is 12.2 Å². The van der Waals surface area contributed by atoms with Gasteiger partial charge in [0.25, 0.3) is 0 Å². The molecule has 0 aliphatic rings. The summed E-state index contributed by atoms with van der Waals surface area (Å²) in [6, 6.07) is 0. The second-order valence-electron chi connectivity index (χ2n) is 4.00. The van der Waals surface area contributed by atoms with Gasteiger partial charge in [0.2, 0.25) is 0 Å². The number of nitrogens with zero attached hydrogens (tertiary/aromatic N) is 1. The van der Waals surface area contributed by atoms with E-state index in [0.717, 1.165) is 24.0 Å². The Bertz CT molecular complexity index is 197. The maximum absolute atomic E-state index is 10.9. The maximum atomic E-state index is 10.9. The zero-order chi connectivity index (χ0) is 11.0. The van der Waals surface area contributed by atoms with Gasteiger partial charge in [-0.2, -0.15) is 0 Å². The molecular weight excluding hydrogens is 178 g/mol. The molecule has 0 aliphatic heterocycles. The molecule has 0 heterocycles. The maximum Gasteiger partial charge on any atom is 0.330 e. The van der Waals surface area contributed by atoms with Gasteiger partial charge >= 0.3 is 5.97 Å². The molecule has 14 heavy (non-hydrogen) atoms. The number of carbonyl (C=O) groups is 1. The molecule has 0 saturated heterocycles. The summed E-state index contributed by atoms with van der Waals surface area (Å²) >= 11 is 0. The number of hydrogen-bond donors (Lipinski definition) is 0. The van der Waals surface area contributed by atoms with E-state index in [9.17, 15) is 4.79 Å². The van der Waals surface area contributed by atoms with Crippen molar-refractivity contribution in [3.63, 3.8) is 0 Å². The van der Waals surface area contributed by atoms with E-state index in [2.05, 4.69) is 21.0 Å². The quantitative estimate of drug-likeness (QED) is 0.282. The largest absolute Gasteiger partial charge is 0.462 e. The van der Waals surface area contributed by atoms with Crippen LogP contribution in [0, 0.1) is 0 Å². The van der Waals surface area contributed by atoms with E-state index in [0.29, 0.717) is 6.61 Å². The smallest absolute Gasteiger partial charge is 0.330 e. The molecule has 0 saturated carbocycles. The fourth-order valence-electron chi connectivity index (χ4n) is 1.01. The second kappa shape index (κ2) is 6.60. The summed E-state index contributed by atoms with van der Waals surface area (Å²) in [6.45, 7) is 6.62. The molecule has 0 aromatic carbocycles. The van der Waals surface area contributed by atoms with Crippen LogP contribution >= 0.6 is 0 Å². The molecule has 0 atom stereocenters. The molecule has 0 spiro atoms. The Hall–Kier alpha value is -0.830. The van der Waals surface area contributed by atoms with Gasteiger partial charge in [0.15, 0.2) is 0 Å². The summed E-state index contributed by atoms with van der Waals surface area (Å²) in [4.78, 5) is 10.9. The zero-order valence-electron chi connectivity index (χ0n) is 9.75. The third-order valence-electron chi connectivity index (χ3n) is 2.31. The molecule has 3 nitrogen and oxygen atoms in total. The lowest BCUT2D eigenvalue weighted by Gasteiger charge is -2.27. The first-order chi connectivity index (χ1) is 6.52. The van der Waals surface area contributed by atoms with Gasteiger partial charge in [-0.15, -0.1) is 0 Å². The molecule has 0 aliphatic carbocycles. The van der Waals surface area contributed by atoms with Gasteiger partial charge in [0, 0.05) is 12.5 Å². The molecule has 0 unspecified atom stereocenters. The van der Waals surface area contributed by atoms with Crippen molar-refractivity contribution in [2.75, 3.05) is 33.8 Å². The Morgan fingerprint density at radius 3 is 2.57 bits per heavy atom. The zero-order valence-corrected chi connectivity index (χ0v) is 9.75. The van der Waals surface area contributed by atoms with Crippen molar-refractivity contribution in [2.45, 2.75) is 20.3 Å². The van der Waals surface area contributed by atoms with Crippen LogP contribution in [0.1, 0.15) is 20.3 Å². The lowest BCUT2D eigenvalue weighted by molar-refractivity contribution is -0.888. The van der Waals surface area contributed by atoms with Gasteiger partial charge in [0.05, 0.1) is 33.8 Å². The summed E-state index contributed by atoms with van der Waals surface area (Å²) in [6.07, 6.45) is 4.05. The molecule has 0 aromatic rings. The van der Waals surface area contributed by atoms with E-state index in [1.165, 1.54) is 6.08 Å². The molecule has 82 valence electrons. The molecule has 0 N–H and O–H groups in total. The summed E-state index contributed by atoms with van der Waals surface area (Å²) in [5.74, 6) is -0.241. The predicted octanol–water partition coefficient (Wildman–Crippen LogP) is 1.59. The first kappa shape index (κ1) is 13.2. The third-order valence-corrected chi connectivity index (χ3v) is 2.31. The fraction of sp³-hybridized carbons (Fsp3) is 0.727. The molecule has 0 rings (SSSR count). The van der Waals surface area contributed by atoms with Gasteiger partial charge in [-0.1, -0.05) is 6.08 Å². The van der Waals surface area contributed by atoms with Crippen LogP contribution in [-0.2, 0) is 9.53 Å². The molecule has 0 radical (unpaired) electrons. The van der Waals surface area contributed by atoms with Crippen LogP contribution in [-0.4, -0.2) is 44.2 Å². The molecule has 0 amide bonds. The number of quaternary nitrogens is 1. The van der Waals surface area contributed by atoms with Crippen LogP contribution in [0.15, 0.2) is 12.2 Å². The predicted molar refractivity (Wildman–Crippen MR) is 57.9 cm³/mol. The van der Waals surface area contributed by atoms with E-state index < -0.39 is 0 Å². The minimum Gasteiger partial charge on any atom is -0.462 e. The highest BCUT2D eigenvalue weighted by atomic mass is 16.5. The Morgan fingerprint density at radius 2 is 2.07 bits per heavy atom. The SMILES string of the molecule is CC=CC(=O)OCCC[N+](C)(C)CC. The normalized spacial score (nSPS) is 12.0. The number of ether oxygens (including phenoxy) is 1. The standard InChI is InChI=1S/C11H22NO2/c1-5-8-11(13)14-10-7-9-12(3,4)6-2/h5,8H,6-7,9-10H2,1-4H3/q+1. The average Bonchev–Trinajstić information content (AvgIpc) is 2.13. The monoisotopic (exact) mass is 200 g/mol. The number of carbonyl (C=O) groups excluding carboxylic acids is 1. The summed E-state index contributed by atoms with van der Waals surface area (Å²) in [5.41, 5.74) is 0. The molecule has 0 bridgehead atoms. The second-order valence-corrected chi connectivity index (χ2v) is 4.00. The van der Waals surface area contributed by atoms with Crippen molar-refractivity contribution >= 4 is 5.97 Å². The topological polar surface area (TPSA) is 26.3 Å².